The molecule has 0 aromatic heterocycles. The van der Waals surface area contributed by atoms with E-state index in [2.05, 4.69) is 40.2 Å². The van der Waals surface area contributed by atoms with Crippen molar-refractivity contribution >= 4 is 30.0 Å². The molecule has 1 fully saturated rings. The molecular weight excluding hydrogens is 616 g/mol. The molecule has 12 nitrogen and oxygen atoms in total. The number of carboxylic acids is 1. The number of carbonyl (C=O) groups excluding carboxylic acids is 4. The van der Waals surface area contributed by atoms with Crippen LogP contribution in [0, 0.1) is 5.92 Å². The number of nitrogens with zero attached hydrogens (tertiary/aromatic N) is 1. The van der Waals surface area contributed by atoms with Gasteiger partial charge in [0.05, 0.1) is 0 Å². The summed E-state index contributed by atoms with van der Waals surface area (Å²) >= 11 is 0. The summed E-state index contributed by atoms with van der Waals surface area (Å²) in [6.45, 7) is 9.33. The van der Waals surface area contributed by atoms with E-state index >= 15 is 0 Å². The van der Waals surface area contributed by atoms with Gasteiger partial charge in [-0.2, -0.15) is 0 Å². The number of ether oxygens (including phenoxy) is 2. The molecule has 1 aliphatic carbocycles. The summed E-state index contributed by atoms with van der Waals surface area (Å²) in [6.07, 6.45) is 0.848. The van der Waals surface area contributed by atoms with Crippen LogP contribution < -0.4 is 16.0 Å². The first-order valence-electron chi connectivity index (χ1n) is 16.7. The molecule has 0 bridgehead atoms. The zero-order valence-electron chi connectivity index (χ0n) is 28.4. The van der Waals surface area contributed by atoms with E-state index in [1.165, 1.54) is 4.90 Å². The molecule has 0 radical (unpaired) electrons. The fourth-order valence-corrected chi connectivity index (χ4v) is 6.29. The SMILES string of the molecule is CC(C)[C@H](NC(=O)[C@@H]1CCCN1C(=O)[C@H](CCCCNC(=O)OCC1c2ccccc2-c2ccccc21)NC(=O)OC(C)(C)C)C(=O)O. The zero-order valence-corrected chi connectivity index (χ0v) is 28.4. The Morgan fingerprint density at radius 2 is 1.54 bits per heavy atom. The average molecular weight is 665 g/mol. The number of carbonyl (C=O) groups is 5. The minimum atomic E-state index is -1.15. The first-order valence-corrected chi connectivity index (χ1v) is 16.7. The van der Waals surface area contributed by atoms with E-state index in [-0.39, 0.29) is 24.9 Å². The van der Waals surface area contributed by atoms with E-state index in [4.69, 9.17) is 9.47 Å². The van der Waals surface area contributed by atoms with Crippen LogP contribution in [0.2, 0.25) is 0 Å². The summed E-state index contributed by atoms with van der Waals surface area (Å²) in [5.74, 6) is -2.53. The van der Waals surface area contributed by atoms with Crippen molar-refractivity contribution in [1.29, 1.82) is 0 Å². The van der Waals surface area contributed by atoms with Crippen molar-refractivity contribution in [2.75, 3.05) is 19.7 Å². The third kappa shape index (κ3) is 9.26. The lowest BCUT2D eigenvalue weighted by Crippen LogP contribution is -2.56. The molecular formula is C36H48N4O8. The molecule has 4 rings (SSSR count). The van der Waals surface area contributed by atoms with Crippen molar-refractivity contribution in [3.05, 3.63) is 59.7 Å². The number of hydrogen-bond acceptors (Lipinski definition) is 7. The summed E-state index contributed by atoms with van der Waals surface area (Å²) in [5, 5.41) is 17.5. The second kappa shape index (κ2) is 16.0. The van der Waals surface area contributed by atoms with Gasteiger partial charge in [0.2, 0.25) is 11.8 Å². The molecule has 1 heterocycles. The predicted octanol–water partition coefficient (Wildman–Crippen LogP) is 4.81. The third-order valence-electron chi connectivity index (χ3n) is 8.59. The summed E-state index contributed by atoms with van der Waals surface area (Å²) in [7, 11) is 0. The number of aliphatic carboxylic acids is 1. The number of benzene rings is 2. The average Bonchev–Trinajstić information content (AvgIpc) is 3.64. The molecule has 4 amide bonds. The summed E-state index contributed by atoms with van der Waals surface area (Å²) in [5.41, 5.74) is 3.75. The number of nitrogens with one attached hydrogen (secondary N) is 3. The number of fused-ring (bicyclic) bond motifs is 3. The second-order valence-electron chi connectivity index (χ2n) is 13.7. The van der Waals surface area contributed by atoms with E-state index in [1.54, 1.807) is 34.6 Å². The lowest BCUT2D eigenvalue weighted by molar-refractivity contribution is -0.145. The fourth-order valence-electron chi connectivity index (χ4n) is 6.29. The Bertz CT molecular complexity index is 1440. The van der Waals surface area contributed by atoms with Crippen LogP contribution in [-0.2, 0) is 23.9 Å². The highest BCUT2D eigenvalue weighted by atomic mass is 16.6. The molecule has 48 heavy (non-hydrogen) atoms. The van der Waals surface area contributed by atoms with Crippen LogP contribution in [0.5, 0.6) is 0 Å². The molecule has 0 unspecified atom stereocenters. The van der Waals surface area contributed by atoms with E-state index in [0.717, 1.165) is 22.3 Å². The lowest BCUT2D eigenvalue weighted by atomic mass is 9.98. The summed E-state index contributed by atoms with van der Waals surface area (Å²) in [6, 6.07) is 13.3. The Morgan fingerprint density at radius 3 is 2.12 bits per heavy atom. The van der Waals surface area contributed by atoms with Crippen molar-refractivity contribution in [1.82, 2.24) is 20.9 Å². The first kappa shape index (κ1) is 36.2. The number of alkyl carbamates (subject to hydrolysis) is 2. The van der Waals surface area contributed by atoms with Gasteiger partial charge in [0.1, 0.15) is 30.3 Å². The quantitative estimate of drug-likeness (QED) is 0.222. The van der Waals surface area contributed by atoms with Gasteiger partial charge in [0, 0.05) is 19.0 Å². The highest BCUT2D eigenvalue weighted by Gasteiger charge is 2.39. The van der Waals surface area contributed by atoms with E-state index in [9.17, 15) is 29.1 Å². The predicted molar refractivity (Wildman–Crippen MR) is 179 cm³/mol. The topological polar surface area (TPSA) is 163 Å². The smallest absolute Gasteiger partial charge is 0.408 e. The minimum absolute atomic E-state index is 0.0502. The van der Waals surface area contributed by atoms with Gasteiger partial charge < -0.3 is 35.4 Å². The Balaban J connectivity index is 1.30. The number of amides is 4. The Labute approximate surface area is 281 Å². The van der Waals surface area contributed by atoms with Gasteiger partial charge in [-0.05, 0) is 81.0 Å². The van der Waals surface area contributed by atoms with Gasteiger partial charge in [0.15, 0.2) is 0 Å². The molecule has 1 aliphatic heterocycles. The first-order chi connectivity index (χ1) is 22.8. The van der Waals surface area contributed by atoms with Crippen LogP contribution in [-0.4, -0.2) is 83.4 Å². The maximum Gasteiger partial charge on any atom is 0.408 e. The molecule has 2 aromatic rings. The Hall–Kier alpha value is -4.61. The lowest BCUT2D eigenvalue weighted by Gasteiger charge is -2.30. The van der Waals surface area contributed by atoms with Crippen LogP contribution in [0.25, 0.3) is 11.1 Å². The van der Waals surface area contributed by atoms with Gasteiger partial charge >= 0.3 is 18.2 Å². The number of hydrogen-bond donors (Lipinski definition) is 4. The van der Waals surface area contributed by atoms with Gasteiger partial charge in [-0.15, -0.1) is 0 Å². The van der Waals surface area contributed by atoms with Gasteiger partial charge in [-0.1, -0.05) is 62.4 Å². The van der Waals surface area contributed by atoms with Crippen LogP contribution in [0.1, 0.15) is 83.8 Å². The maximum atomic E-state index is 13.7. The van der Waals surface area contributed by atoms with Gasteiger partial charge in [-0.3, -0.25) is 9.59 Å². The number of carboxylic acid groups (broad SMARTS) is 1. The number of unbranched alkanes of at least 4 members (excludes halogenated alkanes) is 1. The van der Waals surface area contributed by atoms with Crippen LogP contribution >= 0.6 is 0 Å². The van der Waals surface area contributed by atoms with Gasteiger partial charge in [0.25, 0.3) is 0 Å². The Morgan fingerprint density at radius 1 is 0.917 bits per heavy atom. The molecule has 3 atom stereocenters. The molecule has 0 saturated carbocycles. The minimum Gasteiger partial charge on any atom is -0.480 e. The van der Waals surface area contributed by atoms with Crippen molar-refractivity contribution in [3.8, 4) is 11.1 Å². The molecule has 1 saturated heterocycles. The van der Waals surface area contributed by atoms with Crippen LogP contribution in [0.3, 0.4) is 0 Å². The van der Waals surface area contributed by atoms with E-state index < -0.39 is 53.7 Å². The summed E-state index contributed by atoms with van der Waals surface area (Å²) < 4.78 is 11.0. The van der Waals surface area contributed by atoms with Crippen LogP contribution in [0.4, 0.5) is 9.59 Å². The highest BCUT2D eigenvalue weighted by molar-refractivity contribution is 5.93. The Kier molecular flexibility index (Phi) is 12.1. The van der Waals surface area contributed by atoms with Crippen molar-refractivity contribution < 1.29 is 38.6 Å². The van der Waals surface area contributed by atoms with E-state index in [0.29, 0.717) is 38.8 Å². The molecule has 2 aliphatic rings. The van der Waals surface area contributed by atoms with Crippen molar-refractivity contribution in [3.63, 3.8) is 0 Å². The normalized spacial score (nSPS) is 16.8. The fraction of sp³-hybridized carbons (Fsp3) is 0.528. The number of rotatable bonds is 13. The number of likely N-dealkylation sites (tertiary alicyclic amines) is 1. The second-order valence-corrected chi connectivity index (χ2v) is 13.7. The maximum absolute atomic E-state index is 13.7. The van der Waals surface area contributed by atoms with Crippen molar-refractivity contribution in [2.45, 2.75) is 96.4 Å². The summed E-state index contributed by atoms with van der Waals surface area (Å²) in [4.78, 5) is 65.2. The molecule has 12 heteroatoms. The molecule has 0 spiro atoms. The monoisotopic (exact) mass is 664 g/mol. The largest absolute Gasteiger partial charge is 0.480 e. The van der Waals surface area contributed by atoms with Crippen molar-refractivity contribution in [2.24, 2.45) is 5.92 Å². The van der Waals surface area contributed by atoms with Gasteiger partial charge in [-0.25, -0.2) is 14.4 Å². The molecule has 4 N–H and O–H groups in total. The van der Waals surface area contributed by atoms with Crippen LogP contribution in [0.15, 0.2) is 48.5 Å². The highest BCUT2D eigenvalue weighted by Crippen LogP contribution is 2.44. The molecule has 260 valence electrons. The molecule has 2 aromatic carbocycles. The van der Waals surface area contributed by atoms with E-state index in [1.807, 2.05) is 24.3 Å². The zero-order chi connectivity index (χ0) is 35.0. The third-order valence-corrected chi connectivity index (χ3v) is 8.59. The standard InChI is InChI=1S/C36H48N4O8/c1-22(2)30(33(43)44)39-31(41)29-18-12-20-40(29)32(42)28(38-35(46)48-36(3,4)5)17-10-11-19-37-34(45)47-21-27-25-15-8-6-13-23(25)24-14-7-9-16-26(24)27/h6-9,13-16,22,27-30H,10-12,17-21H2,1-5H3,(H,37,45)(H,38,46)(H,39,41)(H,43,44)/t28-,29-,30-/m0/s1.